The van der Waals surface area contributed by atoms with E-state index in [2.05, 4.69) is 5.32 Å². The van der Waals surface area contributed by atoms with E-state index in [1.54, 1.807) is 31.2 Å². The number of aryl methyl sites for hydroxylation is 1. The van der Waals surface area contributed by atoms with Gasteiger partial charge in [-0.2, -0.15) is 13.2 Å². The van der Waals surface area contributed by atoms with E-state index in [0.29, 0.717) is 10.6 Å². The highest BCUT2D eigenvalue weighted by molar-refractivity contribution is 6.32. The van der Waals surface area contributed by atoms with Gasteiger partial charge in [0.2, 0.25) is 11.8 Å². The lowest BCUT2D eigenvalue weighted by atomic mass is 9.80. The second-order valence-corrected chi connectivity index (χ2v) is 10.2. The van der Waals surface area contributed by atoms with Crippen LogP contribution in [0.15, 0.2) is 66.7 Å². The summed E-state index contributed by atoms with van der Waals surface area (Å²) in [6.07, 6.45) is -4.55. The van der Waals surface area contributed by atoms with Crippen LogP contribution in [-0.4, -0.2) is 28.4 Å². The maximum atomic E-state index is 13.7. The van der Waals surface area contributed by atoms with E-state index in [0.717, 1.165) is 22.6 Å². The molecule has 2 heterocycles. The third kappa shape index (κ3) is 4.53. The number of benzene rings is 3. The Labute approximate surface area is 226 Å². The summed E-state index contributed by atoms with van der Waals surface area (Å²) in [5.74, 6) is -4.72. The summed E-state index contributed by atoms with van der Waals surface area (Å²) in [5.41, 5.74) is -1.23. The van der Waals surface area contributed by atoms with Crippen LogP contribution in [-0.2, 0) is 20.6 Å². The summed E-state index contributed by atoms with van der Waals surface area (Å²) >= 11 is 6.23. The van der Waals surface area contributed by atoms with Gasteiger partial charge in [-0.3, -0.25) is 19.7 Å². The number of hydrogen-bond donors (Lipinski definition) is 2. The number of nitrogens with one attached hydrogen (secondary N) is 1. The van der Waals surface area contributed by atoms with Crippen molar-refractivity contribution in [3.05, 3.63) is 88.4 Å². The van der Waals surface area contributed by atoms with Gasteiger partial charge in [-0.05, 0) is 67.4 Å². The number of fused-ring (bicyclic) bond motifs is 1. The molecule has 2 fully saturated rings. The predicted octanol–water partition coefficient (Wildman–Crippen LogP) is 5.75. The predicted molar refractivity (Wildman–Crippen MR) is 136 cm³/mol. The van der Waals surface area contributed by atoms with Gasteiger partial charge in [0.05, 0.1) is 23.1 Å². The largest absolute Gasteiger partial charge is 0.480 e. The average molecular weight is 559 g/mol. The fraction of sp³-hybridized carbons (Fsp3) is 0.250. The monoisotopic (exact) mass is 558 g/mol. The second kappa shape index (κ2) is 9.39. The number of hydrogen-bond acceptors (Lipinski definition) is 5. The molecule has 7 nitrogen and oxygen atoms in total. The molecule has 2 amide bonds. The van der Waals surface area contributed by atoms with Crippen LogP contribution in [0.4, 0.5) is 18.9 Å². The highest BCUT2D eigenvalue weighted by Crippen LogP contribution is 2.50. The van der Waals surface area contributed by atoms with Gasteiger partial charge in [0.1, 0.15) is 17.0 Å². The summed E-state index contributed by atoms with van der Waals surface area (Å²) in [4.78, 5) is 40.6. The van der Waals surface area contributed by atoms with Crippen molar-refractivity contribution in [2.24, 2.45) is 11.8 Å². The number of carbonyl (C=O) groups excluding carboxylic acids is 2. The Kier molecular flexibility index (Phi) is 6.43. The number of carboxylic acids is 1. The van der Waals surface area contributed by atoms with E-state index in [-0.39, 0.29) is 17.2 Å². The SMILES string of the molecule is Cc1ccc(N2C(=O)C3C(c4cccc(Oc5cccc(C(F)(F)F)c5)c4)NC(C)(C(=O)O)C3C2=O)cc1Cl. The normalized spacial score (nSPS) is 24.7. The number of aliphatic carboxylic acids is 1. The summed E-state index contributed by atoms with van der Waals surface area (Å²) in [6, 6.07) is 14.4. The topological polar surface area (TPSA) is 95.9 Å². The van der Waals surface area contributed by atoms with Gasteiger partial charge in [0.15, 0.2) is 0 Å². The summed E-state index contributed by atoms with van der Waals surface area (Å²) in [5, 5.41) is 13.4. The van der Waals surface area contributed by atoms with Crippen molar-refractivity contribution in [3.8, 4) is 11.5 Å². The number of amides is 2. The first-order chi connectivity index (χ1) is 18.3. The highest BCUT2D eigenvalue weighted by Gasteiger charge is 2.67. The van der Waals surface area contributed by atoms with E-state index in [1.165, 1.54) is 37.3 Å². The summed E-state index contributed by atoms with van der Waals surface area (Å²) < 4.78 is 45.0. The number of carbonyl (C=O) groups is 3. The first-order valence-electron chi connectivity index (χ1n) is 11.9. The van der Waals surface area contributed by atoms with Crippen molar-refractivity contribution in [1.29, 1.82) is 0 Å². The number of nitrogens with zero attached hydrogens (tertiary/aromatic N) is 1. The van der Waals surface area contributed by atoms with Gasteiger partial charge in [-0.1, -0.05) is 35.9 Å². The third-order valence-electron chi connectivity index (χ3n) is 7.26. The maximum Gasteiger partial charge on any atom is 0.416 e. The third-order valence-corrected chi connectivity index (χ3v) is 7.67. The quantitative estimate of drug-likeness (QED) is 0.387. The van der Waals surface area contributed by atoms with Crippen molar-refractivity contribution < 1.29 is 37.4 Å². The van der Waals surface area contributed by atoms with Gasteiger partial charge < -0.3 is 9.84 Å². The number of ether oxygens (including phenoxy) is 1. The van der Waals surface area contributed by atoms with Crippen LogP contribution >= 0.6 is 11.6 Å². The molecule has 0 spiro atoms. The Balaban J connectivity index is 1.51. The van der Waals surface area contributed by atoms with Gasteiger partial charge in [-0.25, -0.2) is 4.90 Å². The van der Waals surface area contributed by atoms with Crippen LogP contribution in [0.2, 0.25) is 5.02 Å². The fourth-order valence-electron chi connectivity index (χ4n) is 5.24. The van der Waals surface area contributed by atoms with Crippen LogP contribution in [0, 0.1) is 18.8 Å². The van der Waals surface area contributed by atoms with Gasteiger partial charge in [0.25, 0.3) is 0 Å². The van der Waals surface area contributed by atoms with Crippen molar-refractivity contribution in [2.45, 2.75) is 31.6 Å². The lowest BCUT2D eigenvalue weighted by Gasteiger charge is -2.27. The molecule has 4 atom stereocenters. The zero-order valence-electron chi connectivity index (χ0n) is 20.6. The minimum absolute atomic E-state index is 0.0517. The molecular weight excluding hydrogens is 537 g/mol. The molecule has 0 bridgehead atoms. The van der Waals surface area contributed by atoms with E-state index < -0.39 is 52.9 Å². The molecule has 5 rings (SSSR count). The molecule has 0 radical (unpaired) electrons. The standard InChI is InChI=1S/C28H22ClF3N2O5/c1-14-9-10-17(13-20(14)29)34-24(35)21-22(25(34)36)27(2,26(37)38)33-23(21)15-5-3-7-18(11-15)39-19-8-4-6-16(12-19)28(30,31)32/h3-13,21-23,33H,1-2H3,(H,37,38). The number of imide groups is 1. The number of halogens is 4. The van der Waals surface area contributed by atoms with E-state index in [9.17, 15) is 32.7 Å². The molecule has 2 saturated heterocycles. The average Bonchev–Trinajstić information content (AvgIpc) is 3.34. The molecule has 11 heteroatoms. The second-order valence-electron chi connectivity index (χ2n) is 9.78. The molecule has 202 valence electrons. The van der Waals surface area contributed by atoms with Crippen molar-refractivity contribution in [3.63, 3.8) is 0 Å². The molecule has 3 aromatic carbocycles. The smallest absolute Gasteiger partial charge is 0.416 e. The Morgan fingerprint density at radius 1 is 1.03 bits per heavy atom. The molecule has 2 aliphatic heterocycles. The van der Waals surface area contributed by atoms with Crippen molar-refractivity contribution >= 4 is 35.1 Å². The zero-order chi connectivity index (χ0) is 28.3. The van der Waals surface area contributed by atoms with Gasteiger partial charge in [-0.15, -0.1) is 0 Å². The minimum Gasteiger partial charge on any atom is -0.480 e. The van der Waals surface area contributed by atoms with Gasteiger partial charge >= 0.3 is 12.1 Å². The Hall–Kier alpha value is -3.89. The van der Waals surface area contributed by atoms with Crippen LogP contribution in [0.25, 0.3) is 0 Å². The Morgan fingerprint density at radius 2 is 1.69 bits per heavy atom. The molecule has 0 aromatic heterocycles. The van der Waals surface area contributed by atoms with Crippen LogP contribution < -0.4 is 15.0 Å². The van der Waals surface area contributed by atoms with Crippen molar-refractivity contribution in [2.75, 3.05) is 4.90 Å². The number of rotatable bonds is 5. The lowest BCUT2D eigenvalue weighted by molar-refractivity contribution is -0.147. The lowest BCUT2D eigenvalue weighted by Crippen LogP contribution is -2.53. The maximum absolute atomic E-state index is 13.7. The molecule has 0 aliphatic carbocycles. The molecule has 2 aliphatic rings. The molecule has 39 heavy (non-hydrogen) atoms. The molecule has 0 saturated carbocycles. The molecular formula is C28H22ClF3N2O5. The summed E-state index contributed by atoms with van der Waals surface area (Å²) in [6.45, 7) is 3.12. The Morgan fingerprint density at radius 3 is 2.33 bits per heavy atom. The van der Waals surface area contributed by atoms with Crippen LogP contribution in [0.5, 0.6) is 11.5 Å². The minimum atomic E-state index is -4.55. The number of carboxylic acid groups (broad SMARTS) is 1. The van der Waals surface area contributed by atoms with E-state index in [1.807, 2.05) is 0 Å². The molecule has 2 N–H and O–H groups in total. The van der Waals surface area contributed by atoms with Crippen molar-refractivity contribution in [1.82, 2.24) is 5.32 Å². The van der Waals surface area contributed by atoms with Gasteiger partial charge in [0, 0.05) is 11.1 Å². The van der Waals surface area contributed by atoms with E-state index >= 15 is 0 Å². The first-order valence-corrected chi connectivity index (χ1v) is 12.3. The first kappa shape index (κ1) is 26.7. The Bertz CT molecular complexity index is 1510. The highest BCUT2D eigenvalue weighted by atomic mass is 35.5. The molecule has 4 unspecified atom stereocenters. The van der Waals surface area contributed by atoms with Crippen LogP contribution in [0.1, 0.15) is 29.7 Å². The number of alkyl halides is 3. The molecule has 3 aromatic rings. The zero-order valence-corrected chi connectivity index (χ0v) is 21.4. The number of anilines is 1. The van der Waals surface area contributed by atoms with E-state index in [4.69, 9.17) is 16.3 Å². The summed E-state index contributed by atoms with van der Waals surface area (Å²) in [7, 11) is 0. The van der Waals surface area contributed by atoms with Crippen LogP contribution in [0.3, 0.4) is 0 Å². The fourth-order valence-corrected chi connectivity index (χ4v) is 5.42.